The summed E-state index contributed by atoms with van der Waals surface area (Å²) in [4.78, 5) is 17.9. The Hall–Kier alpha value is -1.88. The van der Waals surface area contributed by atoms with Crippen LogP contribution in [0.1, 0.15) is 12.0 Å². The van der Waals surface area contributed by atoms with E-state index in [4.69, 9.17) is 5.11 Å². The number of nitrogens with zero attached hydrogens (tertiary/aromatic N) is 1. The van der Waals surface area contributed by atoms with Crippen molar-refractivity contribution >= 4 is 17.0 Å². The number of carbonyl (C=O) groups is 1. The molecule has 2 unspecified atom stereocenters. The Labute approximate surface area is 104 Å². The van der Waals surface area contributed by atoms with E-state index in [-0.39, 0.29) is 5.92 Å². The number of rotatable bonds is 5. The van der Waals surface area contributed by atoms with Gasteiger partial charge < -0.3 is 15.4 Å². The first-order valence-corrected chi connectivity index (χ1v) is 6.09. The highest BCUT2D eigenvalue weighted by Crippen LogP contribution is 2.37. The van der Waals surface area contributed by atoms with Gasteiger partial charge in [0, 0.05) is 6.54 Å². The van der Waals surface area contributed by atoms with Crippen LogP contribution in [0, 0.1) is 11.8 Å². The zero-order chi connectivity index (χ0) is 12.5. The molecule has 1 aliphatic carbocycles. The summed E-state index contributed by atoms with van der Waals surface area (Å²) in [6, 6.07) is 6.09. The second kappa shape index (κ2) is 4.42. The summed E-state index contributed by atoms with van der Waals surface area (Å²) in [7, 11) is 0. The summed E-state index contributed by atoms with van der Waals surface area (Å²) in [5, 5.41) is 12.1. The summed E-state index contributed by atoms with van der Waals surface area (Å²) in [6.07, 6.45) is 2.49. The van der Waals surface area contributed by atoms with E-state index in [2.05, 4.69) is 21.4 Å². The number of nitrogens with one attached hydrogen (secondary N) is 2. The van der Waals surface area contributed by atoms with Crippen LogP contribution < -0.4 is 5.32 Å². The summed E-state index contributed by atoms with van der Waals surface area (Å²) in [5.74, 6) is -0.494. The Kier molecular flexibility index (Phi) is 2.76. The van der Waals surface area contributed by atoms with Crippen molar-refractivity contribution in [3.63, 3.8) is 0 Å². The molecule has 1 saturated carbocycles. The number of carboxylic acid groups (broad SMARTS) is 1. The number of H-pyrrole nitrogens is 1. The summed E-state index contributed by atoms with van der Waals surface area (Å²) in [6.45, 7) is 1.54. The minimum absolute atomic E-state index is 0.132. The second-order valence-electron chi connectivity index (χ2n) is 4.83. The summed E-state index contributed by atoms with van der Waals surface area (Å²) in [5.41, 5.74) is 3.18. The summed E-state index contributed by atoms with van der Waals surface area (Å²) >= 11 is 0. The number of aromatic nitrogens is 2. The third-order valence-corrected chi connectivity index (χ3v) is 3.46. The maximum atomic E-state index is 10.7. The van der Waals surface area contributed by atoms with Crippen molar-refractivity contribution in [1.29, 1.82) is 0 Å². The molecule has 2 atom stereocenters. The highest BCUT2D eigenvalue weighted by Gasteiger charge is 2.42. The number of hydrogen-bond donors (Lipinski definition) is 3. The first-order chi connectivity index (χ1) is 8.74. The standard InChI is InChI=1S/C13H15N3O2/c17-13(18)10-4-9(10)6-14-5-8-1-2-11-12(3-8)16-7-15-11/h1-3,7,9-10,14H,4-6H2,(H,15,16)(H,17,18). The SMILES string of the molecule is O=C(O)C1CC1CNCc1ccc2nc[nH]c2c1. The lowest BCUT2D eigenvalue weighted by atomic mass is 10.2. The van der Waals surface area contributed by atoms with Gasteiger partial charge in [0.15, 0.2) is 0 Å². The smallest absolute Gasteiger partial charge is 0.306 e. The highest BCUT2D eigenvalue weighted by molar-refractivity contribution is 5.75. The minimum Gasteiger partial charge on any atom is -0.481 e. The lowest BCUT2D eigenvalue weighted by molar-refractivity contribution is -0.138. The van der Waals surface area contributed by atoms with E-state index in [1.165, 1.54) is 5.56 Å². The predicted octanol–water partition coefficient (Wildman–Crippen LogP) is 1.37. The zero-order valence-corrected chi connectivity index (χ0v) is 9.89. The van der Waals surface area contributed by atoms with Crippen molar-refractivity contribution in [2.45, 2.75) is 13.0 Å². The number of fused-ring (bicyclic) bond motifs is 1. The Balaban J connectivity index is 1.52. The van der Waals surface area contributed by atoms with Crippen LogP contribution in [0.4, 0.5) is 0 Å². The average molecular weight is 245 g/mol. The average Bonchev–Trinajstić information content (AvgIpc) is 2.98. The molecule has 0 bridgehead atoms. The van der Waals surface area contributed by atoms with Gasteiger partial charge in [-0.15, -0.1) is 0 Å². The van der Waals surface area contributed by atoms with Gasteiger partial charge in [0.2, 0.25) is 0 Å². The number of imidazole rings is 1. The van der Waals surface area contributed by atoms with Crippen molar-refractivity contribution in [3.05, 3.63) is 30.1 Å². The molecule has 1 aliphatic rings. The van der Waals surface area contributed by atoms with Gasteiger partial charge in [0.25, 0.3) is 0 Å². The van der Waals surface area contributed by atoms with E-state index < -0.39 is 5.97 Å². The molecule has 5 nitrogen and oxygen atoms in total. The van der Waals surface area contributed by atoms with E-state index >= 15 is 0 Å². The molecule has 0 saturated heterocycles. The first kappa shape index (κ1) is 11.2. The normalized spacial score (nSPS) is 22.2. The zero-order valence-electron chi connectivity index (χ0n) is 9.89. The van der Waals surface area contributed by atoms with Crippen molar-refractivity contribution in [3.8, 4) is 0 Å². The second-order valence-corrected chi connectivity index (χ2v) is 4.83. The van der Waals surface area contributed by atoms with Gasteiger partial charge in [0.1, 0.15) is 0 Å². The van der Waals surface area contributed by atoms with Gasteiger partial charge in [-0.2, -0.15) is 0 Å². The molecular weight excluding hydrogens is 230 g/mol. The van der Waals surface area contributed by atoms with E-state index in [0.717, 1.165) is 30.5 Å². The van der Waals surface area contributed by atoms with Crippen LogP contribution in [0.2, 0.25) is 0 Å². The van der Waals surface area contributed by atoms with Crippen molar-refractivity contribution in [2.75, 3.05) is 6.54 Å². The molecule has 0 radical (unpaired) electrons. The van der Waals surface area contributed by atoms with Crippen LogP contribution in [0.25, 0.3) is 11.0 Å². The third kappa shape index (κ3) is 2.22. The van der Waals surface area contributed by atoms with E-state index in [9.17, 15) is 4.79 Å². The maximum Gasteiger partial charge on any atom is 0.306 e. The van der Waals surface area contributed by atoms with Gasteiger partial charge in [-0.3, -0.25) is 4.79 Å². The Morgan fingerprint density at radius 3 is 3.22 bits per heavy atom. The largest absolute Gasteiger partial charge is 0.481 e. The van der Waals surface area contributed by atoms with Gasteiger partial charge in [-0.05, 0) is 36.6 Å². The van der Waals surface area contributed by atoms with Gasteiger partial charge >= 0.3 is 5.97 Å². The van der Waals surface area contributed by atoms with Gasteiger partial charge in [0.05, 0.1) is 23.3 Å². The molecule has 1 heterocycles. The third-order valence-electron chi connectivity index (χ3n) is 3.46. The number of aromatic amines is 1. The van der Waals surface area contributed by atoms with Crippen LogP contribution >= 0.6 is 0 Å². The molecular formula is C13H15N3O2. The number of carboxylic acids is 1. The lowest BCUT2D eigenvalue weighted by Crippen LogP contribution is -2.18. The van der Waals surface area contributed by atoms with E-state index in [1.807, 2.05) is 12.1 Å². The molecule has 1 aromatic heterocycles. The lowest BCUT2D eigenvalue weighted by Gasteiger charge is -2.04. The molecule has 1 fully saturated rings. The van der Waals surface area contributed by atoms with Crippen LogP contribution in [0.3, 0.4) is 0 Å². The van der Waals surface area contributed by atoms with E-state index in [0.29, 0.717) is 5.92 Å². The quantitative estimate of drug-likeness (QED) is 0.743. The predicted molar refractivity (Wildman–Crippen MR) is 67.0 cm³/mol. The van der Waals surface area contributed by atoms with Crippen LogP contribution in [0.15, 0.2) is 24.5 Å². The Morgan fingerprint density at radius 1 is 1.56 bits per heavy atom. The molecule has 1 aromatic carbocycles. The molecule has 5 heteroatoms. The molecule has 0 aliphatic heterocycles. The maximum absolute atomic E-state index is 10.7. The molecule has 94 valence electrons. The molecule has 0 amide bonds. The van der Waals surface area contributed by atoms with E-state index in [1.54, 1.807) is 6.33 Å². The fraction of sp³-hybridized carbons (Fsp3) is 0.385. The van der Waals surface area contributed by atoms with Gasteiger partial charge in [-0.25, -0.2) is 4.98 Å². The molecule has 2 aromatic rings. The van der Waals surface area contributed by atoms with Crippen molar-refractivity contribution in [2.24, 2.45) is 11.8 Å². The van der Waals surface area contributed by atoms with Crippen molar-refractivity contribution in [1.82, 2.24) is 15.3 Å². The molecule has 3 rings (SSSR count). The number of hydrogen-bond acceptors (Lipinski definition) is 3. The Bertz CT molecular complexity index is 578. The summed E-state index contributed by atoms with van der Waals surface area (Å²) < 4.78 is 0. The van der Waals surface area contributed by atoms with Crippen molar-refractivity contribution < 1.29 is 9.90 Å². The van der Waals surface area contributed by atoms with Gasteiger partial charge in [-0.1, -0.05) is 6.07 Å². The minimum atomic E-state index is -0.666. The first-order valence-electron chi connectivity index (χ1n) is 6.09. The molecule has 3 N–H and O–H groups in total. The number of benzene rings is 1. The number of aliphatic carboxylic acids is 1. The topological polar surface area (TPSA) is 78.0 Å². The van der Waals surface area contributed by atoms with Crippen LogP contribution in [-0.4, -0.2) is 27.6 Å². The fourth-order valence-electron chi connectivity index (χ4n) is 2.27. The fourth-order valence-corrected chi connectivity index (χ4v) is 2.27. The Morgan fingerprint density at radius 2 is 2.44 bits per heavy atom. The molecule has 0 spiro atoms. The molecule has 18 heavy (non-hydrogen) atoms. The highest BCUT2D eigenvalue weighted by atomic mass is 16.4. The van der Waals surface area contributed by atoms with Crippen LogP contribution in [-0.2, 0) is 11.3 Å². The monoisotopic (exact) mass is 245 g/mol. The van der Waals surface area contributed by atoms with Crippen LogP contribution in [0.5, 0.6) is 0 Å².